The normalized spacial score (nSPS) is 21.7. The van der Waals surface area contributed by atoms with Gasteiger partial charge in [0.05, 0.1) is 6.10 Å². The Morgan fingerprint density at radius 3 is 2.67 bits per heavy atom. The van der Waals surface area contributed by atoms with E-state index in [0.29, 0.717) is 6.42 Å². The number of unbranched alkanes of at least 4 members (excludes halogenated alkanes) is 5. The lowest BCUT2D eigenvalue weighted by Gasteiger charge is -2.15. The summed E-state index contributed by atoms with van der Waals surface area (Å²) in [6.45, 7) is 2.14. The van der Waals surface area contributed by atoms with Crippen molar-refractivity contribution < 1.29 is 19.8 Å². The van der Waals surface area contributed by atoms with Crippen molar-refractivity contribution in [2.24, 2.45) is 11.8 Å². The van der Waals surface area contributed by atoms with Gasteiger partial charge in [0.2, 0.25) is 0 Å². The van der Waals surface area contributed by atoms with Crippen LogP contribution in [0.3, 0.4) is 0 Å². The molecule has 0 saturated carbocycles. The molecule has 0 heterocycles. The van der Waals surface area contributed by atoms with Crippen LogP contribution in [0.5, 0.6) is 0 Å². The van der Waals surface area contributed by atoms with Crippen LogP contribution in [0, 0.1) is 11.8 Å². The fraction of sp³-hybridized carbons (Fsp3) is 0.700. The standard InChI is InChI=1S/C20H32O4/c1-2-3-6-9-17(21)14-12-16-13-15-19(22)18(16)10-7-4-5-8-11-20(23)24/h12-18,21H,2-11H2,1H3,(H,23,24)/b14-12+/t16-,17+,18+/m0/s1. The summed E-state index contributed by atoms with van der Waals surface area (Å²) in [5, 5.41) is 18.6. The van der Waals surface area contributed by atoms with Crippen LogP contribution >= 0.6 is 0 Å². The average molecular weight is 336 g/mol. The molecule has 0 spiro atoms. The maximum absolute atomic E-state index is 12.0. The molecule has 3 atom stereocenters. The fourth-order valence-corrected chi connectivity index (χ4v) is 3.14. The first-order valence-corrected chi connectivity index (χ1v) is 9.34. The van der Waals surface area contributed by atoms with Gasteiger partial charge in [0, 0.05) is 18.3 Å². The second-order valence-corrected chi connectivity index (χ2v) is 6.74. The number of carboxylic acid groups (broad SMARTS) is 1. The van der Waals surface area contributed by atoms with Crippen LogP contribution in [-0.4, -0.2) is 28.1 Å². The van der Waals surface area contributed by atoms with Crippen molar-refractivity contribution in [3.05, 3.63) is 24.3 Å². The molecule has 0 unspecified atom stereocenters. The molecule has 0 aliphatic heterocycles. The molecule has 1 aliphatic rings. The summed E-state index contributed by atoms with van der Waals surface area (Å²) in [5.74, 6) is -0.482. The van der Waals surface area contributed by atoms with Crippen molar-refractivity contribution in [3.8, 4) is 0 Å². The Labute approximate surface area is 145 Å². The summed E-state index contributed by atoms with van der Waals surface area (Å²) in [7, 11) is 0. The van der Waals surface area contributed by atoms with E-state index in [0.717, 1.165) is 51.4 Å². The molecule has 0 radical (unpaired) electrons. The number of allylic oxidation sites excluding steroid dienone is 3. The molecule has 4 heteroatoms. The number of hydrogen-bond acceptors (Lipinski definition) is 3. The van der Waals surface area contributed by atoms with E-state index >= 15 is 0 Å². The molecule has 0 aromatic rings. The predicted molar refractivity (Wildman–Crippen MR) is 95.8 cm³/mol. The SMILES string of the molecule is CCCCC[C@@H](O)/C=C/[C@H]1C=CC(=O)[C@@H]1CCCCCCC(=O)O. The molecule has 2 N–H and O–H groups in total. The molecular weight excluding hydrogens is 304 g/mol. The molecular formula is C20H32O4. The number of hydrogen-bond donors (Lipinski definition) is 2. The van der Waals surface area contributed by atoms with Crippen molar-refractivity contribution in [2.45, 2.75) is 77.2 Å². The Balaban J connectivity index is 2.29. The maximum Gasteiger partial charge on any atom is 0.303 e. The molecule has 0 bridgehead atoms. The number of aliphatic hydroxyl groups is 1. The van der Waals surface area contributed by atoms with E-state index in [4.69, 9.17) is 5.11 Å². The smallest absolute Gasteiger partial charge is 0.303 e. The Morgan fingerprint density at radius 2 is 1.96 bits per heavy atom. The Hall–Kier alpha value is -1.42. The maximum atomic E-state index is 12.0. The Morgan fingerprint density at radius 1 is 1.21 bits per heavy atom. The van der Waals surface area contributed by atoms with Crippen molar-refractivity contribution in [2.75, 3.05) is 0 Å². The zero-order chi connectivity index (χ0) is 17.8. The van der Waals surface area contributed by atoms with Crippen LogP contribution in [0.4, 0.5) is 0 Å². The van der Waals surface area contributed by atoms with E-state index in [9.17, 15) is 14.7 Å². The molecule has 1 aliphatic carbocycles. The topological polar surface area (TPSA) is 74.6 Å². The van der Waals surface area contributed by atoms with E-state index in [2.05, 4.69) is 6.92 Å². The first kappa shape index (κ1) is 20.6. The number of carbonyl (C=O) groups is 2. The van der Waals surface area contributed by atoms with Gasteiger partial charge in [-0.25, -0.2) is 0 Å². The Bertz CT molecular complexity index is 439. The molecule has 0 amide bonds. The lowest BCUT2D eigenvalue weighted by Crippen LogP contribution is -2.15. The highest BCUT2D eigenvalue weighted by atomic mass is 16.4. The monoisotopic (exact) mass is 336 g/mol. The lowest BCUT2D eigenvalue weighted by atomic mass is 9.88. The number of aliphatic carboxylic acids is 1. The van der Waals surface area contributed by atoms with Crippen LogP contribution in [0.25, 0.3) is 0 Å². The van der Waals surface area contributed by atoms with Gasteiger partial charge in [-0.3, -0.25) is 9.59 Å². The minimum absolute atomic E-state index is 0.0106. The highest BCUT2D eigenvalue weighted by Crippen LogP contribution is 2.29. The van der Waals surface area contributed by atoms with Gasteiger partial charge in [0.1, 0.15) is 0 Å². The zero-order valence-electron chi connectivity index (χ0n) is 14.8. The number of ketones is 1. The van der Waals surface area contributed by atoms with Gasteiger partial charge in [-0.05, 0) is 25.3 Å². The van der Waals surface area contributed by atoms with E-state index in [1.54, 1.807) is 6.08 Å². The largest absolute Gasteiger partial charge is 0.481 e. The second kappa shape index (κ2) is 12.0. The van der Waals surface area contributed by atoms with Crippen LogP contribution < -0.4 is 0 Å². The van der Waals surface area contributed by atoms with Crippen molar-refractivity contribution in [1.29, 1.82) is 0 Å². The third kappa shape index (κ3) is 8.44. The Kier molecular flexibility index (Phi) is 10.3. The summed E-state index contributed by atoms with van der Waals surface area (Å²) < 4.78 is 0. The minimum Gasteiger partial charge on any atom is -0.481 e. The van der Waals surface area contributed by atoms with E-state index in [1.165, 1.54) is 0 Å². The third-order valence-corrected chi connectivity index (χ3v) is 4.63. The highest BCUT2D eigenvalue weighted by Gasteiger charge is 2.27. The van der Waals surface area contributed by atoms with Crippen LogP contribution in [0.1, 0.15) is 71.1 Å². The van der Waals surface area contributed by atoms with Gasteiger partial charge < -0.3 is 10.2 Å². The van der Waals surface area contributed by atoms with E-state index in [1.807, 2.05) is 18.2 Å². The molecule has 1 rings (SSSR count). The lowest BCUT2D eigenvalue weighted by molar-refractivity contribution is -0.137. The molecule has 0 aromatic heterocycles. The van der Waals surface area contributed by atoms with Gasteiger partial charge in [-0.15, -0.1) is 0 Å². The van der Waals surface area contributed by atoms with Gasteiger partial charge in [-0.1, -0.05) is 63.7 Å². The highest BCUT2D eigenvalue weighted by molar-refractivity contribution is 5.94. The molecule has 4 nitrogen and oxygen atoms in total. The average Bonchev–Trinajstić information content (AvgIpc) is 2.89. The van der Waals surface area contributed by atoms with E-state index < -0.39 is 12.1 Å². The van der Waals surface area contributed by atoms with Crippen LogP contribution in [-0.2, 0) is 9.59 Å². The van der Waals surface area contributed by atoms with Crippen molar-refractivity contribution in [1.82, 2.24) is 0 Å². The molecule has 0 aromatic carbocycles. The number of carbonyl (C=O) groups excluding carboxylic acids is 1. The predicted octanol–water partition coefficient (Wildman–Crippen LogP) is 4.28. The summed E-state index contributed by atoms with van der Waals surface area (Å²) in [4.78, 5) is 22.4. The quantitative estimate of drug-likeness (QED) is 0.389. The van der Waals surface area contributed by atoms with E-state index in [-0.39, 0.29) is 24.0 Å². The summed E-state index contributed by atoms with van der Waals surface area (Å²) >= 11 is 0. The molecule has 136 valence electrons. The molecule has 24 heavy (non-hydrogen) atoms. The zero-order valence-corrected chi connectivity index (χ0v) is 14.8. The molecule has 0 saturated heterocycles. The van der Waals surface area contributed by atoms with Crippen LogP contribution in [0.2, 0.25) is 0 Å². The second-order valence-electron chi connectivity index (χ2n) is 6.74. The number of rotatable bonds is 13. The summed E-state index contributed by atoms with van der Waals surface area (Å²) in [5.41, 5.74) is 0. The van der Waals surface area contributed by atoms with Crippen LogP contribution in [0.15, 0.2) is 24.3 Å². The number of carboxylic acids is 1. The fourth-order valence-electron chi connectivity index (χ4n) is 3.14. The van der Waals surface area contributed by atoms with Gasteiger partial charge in [0.15, 0.2) is 5.78 Å². The first-order valence-electron chi connectivity index (χ1n) is 9.34. The summed E-state index contributed by atoms with van der Waals surface area (Å²) in [6.07, 6.45) is 15.7. The first-order chi connectivity index (χ1) is 11.5. The summed E-state index contributed by atoms with van der Waals surface area (Å²) in [6, 6.07) is 0. The van der Waals surface area contributed by atoms with Crippen molar-refractivity contribution >= 4 is 11.8 Å². The minimum atomic E-state index is -0.743. The van der Waals surface area contributed by atoms with Gasteiger partial charge >= 0.3 is 5.97 Å². The molecule has 0 fully saturated rings. The number of aliphatic hydroxyl groups excluding tert-OH is 1. The van der Waals surface area contributed by atoms with Crippen molar-refractivity contribution in [3.63, 3.8) is 0 Å². The van der Waals surface area contributed by atoms with Gasteiger partial charge in [-0.2, -0.15) is 0 Å². The third-order valence-electron chi connectivity index (χ3n) is 4.63. The van der Waals surface area contributed by atoms with Gasteiger partial charge in [0.25, 0.3) is 0 Å².